The van der Waals surface area contributed by atoms with E-state index in [0.29, 0.717) is 19.7 Å². The van der Waals surface area contributed by atoms with Crippen molar-refractivity contribution in [3.05, 3.63) is 70.0 Å². The van der Waals surface area contributed by atoms with Gasteiger partial charge in [0.15, 0.2) is 11.6 Å². The van der Waals surface area contributed by atoms with Crippen LogP contribution in [-0.4, -0.2) is 43.2 Å². The fourth-order valence-corrected chi connectivity index (χ4v) is 3.62. The lowest BCUT2D eigenvalue weighted by molar-refractivity contribution is -0.0346. The molecule has 1 saturated heterocycles. The van der Waals surface area contributed by atoms with Gasteiger partial charge in [-0.05, 0) is 31.2 Å². The van der Waals surface area contributed by atoms with Gasteiger partial charge in [0.1, 0.15) is 5.82 Å². The van der Waals surface area contributed by atoms with E-state index in [1.54, 1.807) is 6.07 Å². The summed E-state index contributed by atoms with van der Waals surface area (Å²) in [6.07, 6.45) is -0.0711. The zero-order chi connectivity index (χ0) is 20.3. The quantitative estimate of drug-likeness (QED) is 0.808. The van der Waals surface area contributed by atoms with Crippen molar-refractivity contribution in [1.82, 2.24) is 10.2 Å². The van der Waals surface area contributed by atoms with E-state index in [4.69, 9.17) is 16.3 Å². The number of carbonyl (C=O) groups is 1. The smallest absolute Gasteiger partial charge is 0.254 e. The van der Waals surface area contributed by atoms with Crippen LogP contribution in [0.25, 0.3) is 0 Å². The van der Waals surface area contributed by atoms with E-state index in [2.05, 4.69) is 5.32 Å². The Morgan fingerprint density at radius 1 is 1.25 bits per heavy atom. The van der Waals surface area contributed by atoms with Crippen molar-refractivity contribution in [3.8, 4) is 0 Å². The molecule has 2 atom stereocenters. The van der Waals surface area contributed by atoms with Gasteiger partial charge in [-0.15, -0.1) is 0 Å². The van der Waals surface area contributed by atoms with Crippen LogP contribution in [0.1, 0.15) is 28.9 Å². The second-order valence-corrected chi connectivity index (χ2v) is 7.05. The monoisotopic (exact) mass is 412 g/mol. The molecule has 1 fully saturated rings. The molecule has 0 radical (unpaired) electrons. The molecule has 4 nitrogen and oxygen atoms in total. The highest BCUT2D eigenvalue weighted by atomic mass is 35.5. The number of carbonyl (C=O) groups excluding carboxylic acids is 1. The molecule has 0 spiro atoms. The maximum Gasteiger partial charge on any atom is 0.254 e. The predicted octanol–water partition coefficient (Wildman–Crippen LogP) is 3.95. The van der Waals surface area contributed by atoms with Crippen LogP contribution < -0.4 is 5.32 Å². The fraction of sp³-hybridized carbons (Fsp3) is 0.350. The molecular weight excluding hydrogens is 393 g/mol. The Kier molecular flexibility index (Phi) is 6.59. The van der Waals surface area contributed by atoms with E-state index in [1.165, 1.54) is 24.3 Å². The number of nitrogens with zero attached hydrogens (tertiary/aromatic N) is 1. The number of amides is 1. The molecule has 1 heterocycles. The van der Waals surface area contributed by atoms with Crippen molar-refractivity contribution in [2.24, 2.45) is 0 Å². The summed E-state index contributed by atoms with van der Waals surface area (Å²) < 4.78 is 47.4. The largest absolute Gasteiger partial charge is 0.376 e. The first kappa shape index (κ1) is 20.6. The highest BCUT2D eigenvalue weighted by molar-refractivity contribution is 6.31. The van der Waals surface area contributed by atoms with Gasteiger partial charge in [-0.3, -0.25) is 9.69 Å². The minimum Gasteiger partial charge on any atom is -0.376 e. The van der Waals surface area contributed by atoms with Crippen molar-refractivity contribution < 1.29 is 22.7 Å². The number of nitrogens with one attached hydrogen (secondary N) is 1. The Bertz CT molecular complexity index is 845. The number of hydrogen-bond donors (Lipinski definition) is 1. The average Bonchev–Trinajstić information content (AvgIpc) is 2.66. The van der Waals surface area contributed by atoms with Gasteiger partial charge in [0.25, 0.3) is 5.91 Å². The third kappa shape index (κ3) is 4.48. The van der Waals surface area contributed by atoms with Crippen molar-refractivity contribution in [1.29, 1.82) is 0 Å². The van der Waals surface area contributed by atoms with Crippen molar-refractivity contribution in [3.63, 3.8) is 0 Å². The van der Waals surface area contributed by atoms with E-state index in [0.717, 1.165) is 6.07 Å². The standard InChI is InChI=1S/C20H20ClF3N2O2/c1-12-11-26(8-9-28-12)17(18-14(21)5-3-6-15(18)22)10-25-20(27)13-4-2-7-16(23)19(13)24/h2-7,12,17H,8-11H2,1H3,(H,25,27). The van der Waals surface area contributed by atoms with Crippen LogP contribution in [0.3, 0.4) is 0 Å². The SMILES string of the molecule is CC1CN(C(CNC(=O)c2cccc(F)c2F)c2c(F)cccc2Cl)CCO1. The molecule has 8 heteroatoms. The molecule has 0 aliphatic carbocycles. The Morgan fingerprint density at radius 2 is 1.96 bits per heavy atom. The van der Waals surface area contributed by atoms with Gasteiger partial charge in [-0.2, -0.15) is 0 Å². The Balaban J connectivity index is 1.85. The summed E-state index contributed by atoms with van der Waals surface area (Å²) in [7, 11) is 0. The van der Waals surface area contributed by atoms with Gasteiger partial charge in [0, 0.05) is 30.2 Å². The normalized spacial score (nSPS) is 18.7. The molecule has 1 aliphatic heterocycles. The lowest BCUT2D eigenvalue weighted by Gasteiger charge is -2.38. The summed E-state index contributed by atoms with van der Waals surface area (Å²) in [5.74, 6) is -3.61. The van der Waals surface area contributed by atoms with Crippen LogP contribution >= 0.6 is 11.6 Å². The number of hydrogen-bond acceptors (Lipinski definition) is 3. The maximum absolute atomic E-state index is 14.6. The molecule has 3 rings (SSSR count). The van der Waals surface area contributed by atoms with Crippen LogP contribution in [0.5, 0.6) is 0 Å². The summed E-state index contributed by atoms with van der Waals surface area (Å²) in [5, 5.41) is 2.81. The Hall–Kier alpha value is -2.09. The molecule has 2 aromatic rings. The zero-order valence-corrected chi connectivity index (χ0v) is 16.0. The minimum absolute atomic E-state index is 0.0256. The topological polar surface area (TPSA) is 41.6 Å². The highest BCUT2D eigenvalue weighted by Crippen LogP contribution is 2.31. The first-order chi connectivity index (χ1) is 13.4. The van der Waals surface area contributed by atoms with Crippen LogP contribution in [0.4, 0.5) is 13.2 Å². The first-order valence-electron chi connectivity index (χ1n) is 8.90. The third-order valence-electron chi connectivity index (χ3n) is 4.70. The molecule has 2 aromatic carbocycles. The zero-order valence-electron chi connectivity index (χ0n) is 15.2. The molecule has 150 valence electrons. The van der Waals surface area contributed by atoms with Gasteiger partial charge in [-0.25, -0.2) is 13.2 Å². The molecule has 1 amide bonds. The highest BCUT2D eigenvalue weighted by Gasteiger charge is 2.30. The van der Waals surface area contributed by atoms with E-state index in [-0.39, 0.29) is 23.2 Å². The van der Waals surface area contributed by atoms with E-state index >= 15 is 0 Å². The summed E-state index contributed by atoms with van der Waals surface area (Å²) in [5.41, 5.74) is -0.160. The number of morpholine rings is 1. The fourth-order valence-electron chi connectivity index (χ4n) is 3.34. The van der Waals surface area contributed by atoms with Gasteiger partial charge in [0.05, 0.1) is 24.3 Å². The molecular formula is C20H20ClF3N2O2. The number of halogens is 4. The molecule has 0 bridgehead atoms. The number of ether oxygens (including phenoxy) is 1. The van der Waals surface area contributed by atoms with Crippen LogP contribution in [0.15, 0.2) is 36.4 Å². The number of rotatable bonds is 5. The average molecular weight is 413 g/mol. The van der Waals surface area contributed by atoms with E-state index in [9.17, 15) is 18.0 Å². The molecule has 0 aromatic heterocycles. The molecule has 28 heavy (non-hydrogen) atoms. The first-order valence-corrected chi connectivity index (χ1v) is 9.28. The van der Waals surface area contributed by atoms with Crippen molar-refractivity contribution >= 4 is 17.5 Å². The predicted molar refractivity (Wildman–Crippen MR) is 99.8 cm³/mol. The number of benzene rings is 2. The van der Waals surface area contributed by atoms with Gasteiger partial charge in [-0.1, -0.05) is 23.7 Å². The summed E-state index contributed by atoms with van der Waals surface area (Å²) >= 11 is 6.24. The van der Waals surface area contributed by atoms with Gasteiger partial charge < -0.3 is 10.1 Å². The van der Waals surface area contributed by atoms with E-state index in [1.807, 2.05) is 11.8 Å². The second-order valence-electron chi connectivity index (χ2n) is 6.64. The van der Waals surface area contributed by atoms with Crippen LogP contribution in [-0.2, 0) is 4.74 Å². The van der Waals surface area contributed by atoms with Gasteiger partial charge >= 0.3 is 0 Å². The lowest BCUT2D eigenvalue weighted by Crippen LogP contribution is -2.47. The van der Waals surface area contributed by atoms with E-state index < -0.39 is 35.0 Å². The Morgan fingerprint density at radius 3 is 2.68 bits per heavy atom. The third-order valence-corrected chi connectivity index (χ3v) is 5.03. The summed E-state index contributed by atoms with van der Waals surface area (Å²) in [4.78, 5) is 14.3. The van der Waals surface area contributed by atoms with Crippen molar-refractivity contribution in [2.75, 3.05) is 26.2 Å². The van der Waals surface area contributed by atoms with Crippen LogP contribution in [0, 0.1) is 17.5 Å². The molecule has 2 unspecified atom stereocenters. The molecule has 1 aliphatic rings. The minimum atomic E-state index is -1.22. The maximum atomic E-state index is 14.6. The van der Waals surface area contributed by atoms with Crippen molar-refractivity contribution in [2.45, 2.75) is 19.1 Å². The second kappa shape index (κ2) is 8.94. The lowest BCUT2D eigenvalue weighted by atomic mass is 10.0. The summed E-state index contributed by atoms with van der Waals surface area (Å²) in [6, 6.07) is 7.17. The van der Waals surface area contributed by atoms with Crippen LogP contribution in [0.2, 0.25) is 5.02 Å². The summed E-state index contributed by atoms with van der Waals surface area (Å²) in [6.45, 7) is 3.36. The molecule has 1 N–H and O–H groups in total. The van der Waals surface area contributed by atoms with Gasteiger partial charge in [0.2, 0.25) is 0 Å². The molecule has 0 saturated carbocycles. The Labute approximate surface area is 166 Å².